The van der Waals surface area contributed by atoms with E-state index in [-0.39, 0.29) is 12.3 Å². The molecule has 0 radical (unpaired) electrons. The summed E-state index contributed by atoms with van der Waals surface area (Å²) in [7, 11) is 0. The molecule has 0 bridgehead atoms. The standard InChI is InChI=1S/C12H11ClN2O2/c13-9-3-1-8(2-4-9)11-7-10(15-17-11)5-6-12(14)16/h1-4,7H,5-6H2,(H2,14,16). The van der Waals surface area contributed by atoms with Crippen LogP contribution in [0.4, 0.5) is 0 Å². The Bertz CT molecular complexity index is 520. The molecule has 17 heavy (non-hydrogen) atoms. The molecule has 0 saturated carbocycles. The van der Waals surface area contributed by atoms with Gasteiger partial charge < -0.3 is 10.3 Å². The summed E-state index contributed by atoms with van der Waals surface area (Å²) in [6.07, 6.45) is 0.763. The minimum absolute atomic E-state index is 0.270. The summed E-state index contributed by atoms with van der Waals surface area (Å²) in [4.78, 5) is 10.6. The second-order valence-electron chi connectivity index (χ2n) is 3.66. The molecule has 0 unspecified atom stereocenters. The highest BCUT2D eigenvalue weighted by atomic mass is 35.5. The molecule has 1 amide bonds. The van der Waals surface area contributed by atoms with Gasteiger partial charge in [-0.05, 0) is 24.3 Å². The number of amides is 1. The van der Waals surface area contributed by atoms with Crippen molar-refractivity contribution in [3.8, 4) is 11.3 Å². The van der Waals surface area contributed by atoms with Crippen molar-refractivity contribution in [2.75, 3.05) is 0 Å². The number of carbonyl (C=O) groups is 1. The molecule has 0 aliphatic rings. The number of hydrogen-bond donors (Lipinski definition) is 1. The number of hydrogen-bond acceptors (Lipinski definition) is 3. The maximum Gasteiger partial charge on any atom is 0.217 e. The predicted molar refractivity (Wildman–Crippen MR) is 64.5 cm³/mol. The molecule has 0 saturated heterocycles. The Hall–Kier alpha value is -1.81. The van der Waals surface area contributed by atoms with Crippen molar-refractivity contribution in [3.63, 3.8) is 0 Å². The summed E-state index contributed by atoms with van der Waals surface area (Å²) in [6.45, 7) is 0. The van der Waals surface area contributed by atoms with E-state index in [0.29, 0.717) is 22.9 Å². The molecule has 1 heterocycles. The van der Waals surface area contributed by atoms with Crippen molar-refractivity contribution in [1.82, 2.24) is 5.16 Å². The van der Waals surface area contributed by atoms with E-state index in [1.54, 1.807) is 18.2 Å². The lowest BCUT2D eigenvalue weighted by Gasteiger charge is -1.94. The third-order valence-electron chi connectivity index (χ3n) is 2.32. The number of aromatic nitrogens is 1. The van der Waals surface area contributed by atoms with Crippen LogP contribution in [0.5, 0.6) is 0 Å². The van der Waals surface area contributed by atoms with Gasteiger partial charge in [-0.1, -0.05) is 16.8 Å². The number of aryl methyl sites for hydroxylation is 1. The molecule has 2 rings (SSSR count). The van der Waals surface area contributed by atoms with E-state index in [2.05, 4.69) is 5.16 Å². The Morgan fingerprint density at radius 2 is 2.06 bits per heavy atom. The monoisotopic (exact) mass is 250 g/mol. The molecule has 0 fully saturated rings. The maximum absolute atomic E-state index is 10.6. The smallest absolute Gasteiger partial charge is 0.217 e. The van der Waals surface area contributed by atoms with Crippen LogP contribution in [0.25, 0.3) is 11.3 Å². The van der Waals surface area contributed by atoms with E-state index < -0.39 is 0 Å². The minimum Gasteiger partial charge on any atom is -0.370 e. The normalized spacial score (nSPS) is 10.4. The average Bonchev–Trinajstić information content (AvgIpc) is 2.76. The van der Waals surface area contributed by atoms with Gasteiger partial charge in [-0.3, -0.25) is 4.79 Å². The van der Waals surface area contributed by atoms with E-state index in [1.807, 2.05) is 12.1 Å². The summed E-state index contributed by atoms with van der Waals surface area (Å²) in [5, 5.41) is 4.54. The number of primary amides is 1. The first kappa shape index (κ1) is 11.7. The van der Waals surface area contributed by atoms with Crippen molar-refractivity contribution in [1.29, 1.82) is 0 Å². The Balaban J connectivity index is 2.12. The van der Waals surface area contributed by atoms with Crippen molar-refractivity contribution in [3.05, 3.63) is 41.0 Å². The van der Waals surface area contributed by atoms with Crippen LogP contribution in [0.3, 0.4) is 0 Å². The largest absolute Gasteiger partial charge is 0.370 e. The van der Waals surface area contributed by atoms with E-state index in [9.17, 15) is 4.79 Å². The van der Waals surface area contributed by atoms with Gasteiger partial charge in [0.2, 0.25) is 5.91 Å². The van der Waals surface area contributed by atoms with Crippen LogP contribution < -0.4 is 5.73 Å². The lowest BCUT2D eigenvalue weighted by atomic mass is 10.1. The first-order chi connectivity index (χ1) is 8.15. The summed E-state index contributed by atoms with van der Waals surface area (Å²) < 4.78 is 5.18. The van der Waals surface area contributed by atoms with E-state index in [0.717, 1.165) is 5.56 Å². The Morgan fingerprint density at radius 1 is 1.35 bits per heavy atom. The van der Waals surface area contributed by atoms with Gasteiger partial charge in [-0.2, -0.15) is 0 Å². The summed E-state index contributed by atoms with van der Waals surface area (Å²) >= 11 is 5.79. The van der Waals surface area contributed by atoms with Gasteiger partial charge in [-0.15, -0.1) is 0 Å². The third kappa shape index (κ3) is 3.07. The van der Waals surface area contributed by atoms with Crippen LogP contribution in [-0.4, -0.2) is 11.1 Å². The zero-order chi connectivity index (χ0) is 12.3. The average molecular weight is 251 g/mol. The molecule has 0 spiro atoms. The van der Waals surface area contributed by atoms with Gasteiger partial charge in [-0.25, -0.2) is 0 Å². The Morgan fingerprint density at radius 3 is 2.71 bits per heavy atom. The highest BCUT2D eigenvalue weighted by Crippen LogP contribution is 2.22. The predicted octanol–water partition coefficient (Wildman–Crippen LogP) is 2.41. The fourth-order valence-corrected chi connectivity index (χ4v) is 1.56. The third-order valence-corrected chi connectivity index (χ3v) is 2.57. The number of nitrogens with two attached hydrogens (primary N) is 1. The number of benzene rings is 1. The molecular weight excluding hydrogens is 240 g/mol. The second kappa shape index (κ2) is 5.01. The van der Waals surface area contributed by atoms with Gasteiger partial charge in [0.05, 0.1) is 5.69 Å². The first-order valence-corrected chi connectivity index (χ1v) is 5.53. The molecule has 2 aromatic rings. The molecule has 0 aliphatic heterocycles. The zero-order valence-corrected chi connectivity index (χ0v) is 9.78. The summed E-state index contributed by atoms with van der Waals surface area (Å²) in [5.74, 6) is 0.308. The molecule has 4 nitrogen and oxygen atoms in total. The maximum atomic E-state index is 10.6. The number of halogens is 1. The molecule has 5 heteroatoms. The minimum atomic E-state index is -0.346. The Labute approximate surface area is 103 Å². The van der Waals surface area contributed by atoms with Gasteiger partial charge in [0, 0.05) is 29.5 Å². The van der Waals surface area contributed by atoms with Crippen LogP contribution in [0, 0.1) is 0 Å². The molecule has 1 aromatic heterocycles. The van der Waals surface area contributed by atoms with Crippen LogP contribution in [0.15, 0.2) is 34.9 Å². The van der Waals surface area contributed by atoms with Gasteiger partial charge in [0.25, 0.3) is 0 Å². The van der Waals surface area contributed by atoms with Gasteiger partial charge in [0.1, 0.15) is 0 Å². The first-order valence-electron chi connectivity index (χ1n) is 5.15. The second-order valence-corrected chi connectivity index (χ2v) is 4.09. The van der Waals surface area contributed by atoms with Crippen LogP contribution >= 0.6 is 11.6 Å². The number of rotatable bonds is 4. The number of nitrogens with zero attached hydrogens (tertiary/aromatic N) is 1. The molecule has 0 aliphatic carbocycles. The zero-order valence-electron chi connectivity index (χ0n) is 9.02. The summed E-state index contributed by atoms with van der Waals surface area (Å²) in [6, 6.07) is 9.05. The van der Waals surface area contributed by atoms with Crippen molar-refractivity contribution in [2.45, 2.75) is 12.8 Å². The topological polar surface area (TPSA) is 69.1 Å². The Kier molecular flexibility index (Phi) is 3.44. The van der Waals surface area contributed by atoms with Gasteiger partial charge >= 0.3 is 0 Å². The summed E-state index contributed by atoms with van der Waals surface area (Å²) in [5.41, 5.74) is 6.67. The van der Waals surface area contributed by atoms with Gasteiger partial charge in [0.15, 0.2) is 5.76 Å². The molecule has 88 valence electrons. The SMILES string of the molecule is NC(=O)CCc1cc(-c2ccc(Cl)cc2)on1. The molecule has 1 aromatic carbocycles. The number of carbonyl (C=O) groups excluding carboxylic acids is 1. The van der Waals surface area contributed by atoms with Crippen LogP contribution in [0.2, 0.25) is 5.02 Å². The van der Waals surface area contributed by atoms with E-state index in [1.165, 1.54) is 0 Å². The fraction of sp³-hybridized carbons (Fsp3) is 0.167. The van der Waals surface area contributed by atoms with Crippen molar-refractivity contribution >= 4 is 17.5 Å². The van der Waals surface area contributed by atoms with E-state index >= 15 is 0 Å². The van der Waals surface area contributed by atoms with E-state index in [4.69, 9.17) is 21.9 Å². The highest BCUT2D eigenvalue weighted by molar-refractivity contribution is 6.30. The van der Waals surface area contributed by atoms with Crippen LogP contribution in [0.1, 0.15) is 12.1 Å². The molecule has 2 N–H and O–H groups in total. The molecule has 0 atom stereocenters. The lowest BCUT2D eigenvalue weighted by molar-refractivity contribution is -0.118. The van der Waals surface area contributed by atoms with Crippen molar-refractivity contribution < 1.29 is 9.32 Å². The lowest BCUT2D eigenvalue weighted by Crippen LogP contribution is -2.11. The quantitative estimate of drug-likeness (QED) is 0.906. The highest BCUT2D eigenvalue weighted by Gasteiger charge is 2.07. The fourth-order valence-electron chi connectivity index (χ4n) is 1.43. The van der Waals surface area contributed by atoms with Crippen LogP contribution in [-0.2, 0) is 11.2 Å². The van der Waals surface area contributed by atoms with Crippen molar-refractivity contribution in [2.24, 2.45) is 5.73 Å². The molecular formula is C12H11ClN2O2.